The Kier molecular flexibility index (Phi) is 5.31. The predicted molar refractivity (Wildman–Crippen MR) is 82.8 cm³/mol. The lowest BCUT2D eigenvalue weighted by Crippen LogP contribution is -2.53. The number of sulfonamides is 1. The fourth-order valence-electron chi connectivity index (χ4n) is 2.83. The zero-order valence-corrected chi connectivity index (χ0v) is 14.6. The van der Waals surface area contributed by atoms with Gasteiger partial charge in [-0.25, -0.2) is 16.8 Å². The molecule has 2 heterocycles. The third kappa shape index (κ3) is 4.64. The molecule has 1 unspecified atom stereocenters. The minimum Gasteiger partial charge on any atom is -0.342 e. The summed E-state index contributed by atoms with van der Waals surface area (Å²) in [5.74, 6) is -0.674. The molecular formula is C12H21N3O6S2. The molecule has 11 heteroatoms. The van der Waals surface area contributed by atoms with Crippen LogP contribution in [0.15, 0.2) is 0 Å². The van der Waals surface area contributed by atoms with Crippen molar-refractivity contribution in [3.8, 4) is 0 Å². The van der Waals surface area contributed by atoms with E-state index in [9.17, 15) is 26.4 Å². The molecular weight excluding hydrogens is 346 g/mol. The number of rotatable bonds is 5. The van der Waals surface area contributed by atoms with Crippen LogP contribution in [0, 0.1) is 0 Å². The molecule has 9 nitrogen and oxygen atoms in total. The summed E-state index contributed by atoms with van der Waals surface area (Å²) in [5, 5.41) is 0. The maximum absolute atomic E-state index is 12.3. The van der Waals surface area contributed by atoms with E-state index >= 15 is 0 Å². The summed E-state index contributed by atoms with van der Waals surface area (Å²) < 4.78 is 48.0. The van der Waals surface area contributed by atoms with E-state index in [4.69, 9.17) is 0 Å². The number of hydrogen-bond acceptors (Lipinski definition) is 6. The van der Waals surface area contributed by atoms with E-state index in [-0.39, 0.29) is 30.4 Å². The Morgan fingerprint density at radius 3 is 2.30 bits per heavy atom. The molecule has 1 atom stereocenters. The second-order valence-electron chi connectivity index (χ2n) is 5.89. The quantitative estimate of drug-likeness (QED) is 0.507. The van der Waals surface area contributed by atoms with Crippen LogP contribution in [-0.2, 0) is 29.4 Å². The lowest BCUT2D eigenvalue weighted by Gasteiger charge is -2.34. The minimum absolute atomic E-state index is 0.0596. The zero-order valence-electron chi connectivity index (χ0n) is 12.9. The standard InChI is InChI=1S/C12H21N3O6S2/c1-22(18,19)15(11-2-7-23(20,21)9-11)8-12(17)14-5-3-13(10-16)4-6-14/h10-11H,2-9H2,1H3. The fraction of sp³-hybridized carbons (Fsp3) is 0.833. The van der Waals surface area contributed by atoms with E-state index in [2.05, 4.69) is 0 Å². The van der Waals surface area contributed by atoms with E-state index in [0.29, 0.717) is 32.6 Å². The summed E-state index contributed by atoms with van der Waals surface area (Å²) in [6.07, 6.45) is 1.91. The molecule has 0 N–H and O–H groups in total. The van der Waals surface area contributed by atoms with Crippen molar-refractivity contribution >= 4 is 32.2 Å². The lowest BCUT2D eigenvalue weighted by atomic mass is 10.2. The van der Waals surface area contributed by atoms with Crippen molar-refractivity contribution in [2.24, 2.45) is 0 Å². The first kappa shape index (κ1) is 18.1. The molecule has 0 saturated carbocycles. The summed E-state index contributed by atoms with van der Waals surface area (Å²) in [5.41, 5.74) is 0. The number of sulfone groups is 1. The molecule has 132 valence electrons. The van der Waals surface area contributed by atoms with Gasteiger partial charge in [-0.05, 0) is 6.42 Å². The second-order valence-corrected chi connectivity index (χ2v) is 10.1. The topological polar surface area (TPSA) is 112 Å². The number of carbonyl (C=O) groups excluding carboxylic acids is 2. The number of carbonyl (C=O) groups is 2. The van der Waals surface area contributed by atoms with E-state index in [1.54, 1.807) is 4.90 Å². The van der Waals surface area contributed by atoms with Crippen LogP contribution in [0.25, 0.3) is 0 Å². The van der Waals surface area contributed by atoms with Crippen molar-refractivity contribution < 1.29 is 26.4 Å². The molecule has 0 aliphatic carbocycles. The summed E-state index contributed by atoms with van der Waals surface area (Å²) in [6.45, 7) is 1.15. The monoisotopic (exact) mass is 367 g/mol. The number of amides is 2. The second kappa shape index (κ2) is 6.73. The Labute approximate surface area is 136 Å². The Morgan fingerprint density at radius 2 is 1.87 bits per heavy atom. The van der Waals surface area contributed by atoms with Crippen LogP contribution in [-0.4, -0.2) is 99.8 Å². The largest absolute Gasteiger partial charge is 0.342 e. The third-order valence-corrected chi connectivity index (χ3v) is 7.18. The normalized spacial score (nSPS) is 24.9. The summed E-state index contributed by atoms with van der Waals surface area (Å²) in [7, 11) is -6.94. The molecule has 0 bridgehead atoms. The van der Waals surface area contributed by atoms with Crippen molar-refractivity contribution in [2.45, 2.75) is 12.5 Å². The highest BCUT2D eigenvalue weighted by Crippen LogP contribution is 2.20. The molecule has 2 fully saturated rings. The first-order chi connectivity index (χ1) is 10.6. The molecule has 23 heavy (non-hydrogen) atoms. The fourth-order valence-corrected chi connectivity index (χ4v) is 5.72. The number of hydrogen-bond donors (Lipinski definition) is 0. The summed E-state index contributed by atoms with van der Waals surface area (Å²) in [6, 6.07) is -0.685. The zero-order chi connectivity index (χ0) is 17.3. The van der Waals surface area contributed by atoms with Crippen molar-refractivity contribution in [3.05, 3.63) is 0 Å². The molecule has 0 spiro atoms. The van der Waals surface area contributed by atoms with Gasteiger partial charge in [-0.1, -0.05) is 0 Å². The molecule has 0 aromatic heterocycles. The molecule has 2 aliphatic heterocycles. The van der Waals surface area contributed by atoms with Crippen molar-refractivity contribution in [3.63, 3.8) is 0 Å². The summed E-state index contributed by atoms with van der Waals surface area (Å²) >= 11 is 0. The van der Waals surface area contributed by atoms with Crippen molar-refractivity contribution in [1.29, 1.82) is 0 Å². The first-order valence-corrected chi connectivity index (χ1v) is 10.9. The van der Waals surface area contributed by atoms with Crippen molar-refractivity contribution in [1.82, 2.24) is 14.1 Å². The van der Waals surface area contributed by atoms with E-state index in [0.717, 1.165) is 10.6 Å². The van der Waals surface area contributed by atoms with Gasteiger partial charge in [0.25, 0.3) is 0 Å². The average Bonchev–Trinajstić information content (AvgIpc) is 2.83. The molecule has 0 aromatic rings. The number of nitrogens with zero attached hydrogens (tertiary/aromatic N) is 3. The third-order valence-electron chi connectivity index (χ3n) is 4.15. The van der Waals surface area contributed by atoms with Gasteiger partial charge in [-0.15, -0.1) is 0 Å². The maximum atomic E-state index is 12.3. The maximum Gasteiger partial charge on any atom is 0.238 e. The Morgan fingerprint density at radius 1 is 1.26 bits per heavy atom. The van der Waals surface area contributed by atoms with Gasteiger partial charge in [0.15, 0.2) is 9.84 Å². The highest BCUT2D eigenvalue weighted by molar-refractivity contribution is 7.92. The van der Waals surface area contributed by atoms with Crippen LogP contribution in [0.4, 0.5) is 0 Å². The SMILES string of the molecule is CS(=O)(=O)N(CC(=O)N1CCN(C=O)CC1)C1CCS(=O)(=O)C1. The molecule has 2 amide bonds. The van der Waals surface area contributed by atoms with Gasteiger partial charge in [0, 0.05) is 32.2 Å². The lowest BCUT2D eigenvalue weighted by molar-refractivity contribution is -0.135. The first-order valence-electron chi connectivity index (χ1n) is 7.27. The van der Waals surface area contributed by atoms with Crippen LogP contribution in [0.2, 0.25) is 0 Å². The predicted octanol–water partition coefficient (Wildman–Crippen LogP) is -2.26. The average molecular weight is 367 g/mol. The van der Waals surface area contributed by atoms with E-state index < -0.39 is 25.9 Å². The minimum atomic E-state index is -3.69. The van der Waals surface area contributed by atoms with Crippen LogP contribution in [0.3, 0.4) is 0 Å². The molecule has 2 saturated heterocycles. The number of piperazine rings is 1. The van der Waals surface area contributed by atoms with Crippen LogP contribution in [0.1, 0.15) is 6.42 Å². The van der Waals surface area contributed by atoms with E-state index in [1.807, 2.05) is 0 Å². The van der Waals surface area contributed by atoms with Gasteiger partial charge >= 0.3 is 0 Å². The highest BCUT2D eigenvalue weighted by atomic mass is 32.2. The van der Waals surface area contributed by atoms with Crippen LogP contribution in [0.5, 0.6) is 0 Å². The van der Waals surface area contributed by atoms with Gasteiger partial charge < -0.3 is 9.80 Å². The highest BCUT2D eigenvalue weighted by Gasteiger charge is 2.38. The van der Waals surface area contributed by atoms with Gasteiger partial charge in [-0.3, -0.25) is 9.59 Å². The molecule has 0 aromatic carbocycles. The molecule has 0 radical (unpaired) electrons. The Hall–Kier alpha value is -1.20. The van der Waals surface area contributed by atoms with Gasteiger partial charge in [0.2, 0.25) is 22.3 Å². The van der Waals surface area contributed by atoms with Gasteiger partial charge in [0.1, 0.15) is 0 Å². The summed E-state index contributed by atoms with van der Waals surface area (Å²) in [4.78, 5) is 26.0. The molecule has 2 rings (SSSR count). The van der Waals surface area contributed by atoms with Gasteiger partial charge in [0.05, 0.1) is 24.3 Å². The Bertz CT molecular complexity index is 667. The molecule has 2 aliphatic rings. The van der Waals surface area contributed by atoms with Crippen molar-refractivity contribution in [2.75, 3.05) is 50.5 Å². The van der Waals surface area contributed by atoms with E-state index in [1.165, 1.54) is 4.90 Å². The van der Waals surface area contributed by atoms with Crippen LogP contribution < -0.4 is 0 Å². The Balaban J connectivity index is 2.04. The smallest absolute Gasteiger partial charge is 0.238 e. The van der Waals surface area contributed by atoms with Gasteiger partial charge in [-0.2, -0.15) is 4.31 Å². The van der Waals surface area contributed by atoms with Crippen LogP contribution >= 0.6 is 0 Å².